The molecule has 0 amide bonds. The summed E-state index contributed by atoms with van der Waals surface area (Å²) >= 11 is 0. The van der Waals surface area contributed by atoms with Gasteiger partial charge in [-0.05, 0) is 19.3 Å². The quantitative estimate of drug-likeness (QED) is 0.670. The first kappa shape index (κ1) is 11.2. The summed E-state index contributed by atoms with van der Waals surface area (Å²) in [6.45, 7) is 6.64. The summed E-state index contributed by atoms with van der Waals surface area (Å²) in [4.78, 5) is 13.5. The van der Waals surface area contributed by atoms with Crippen LogP contribution in [0.1, 0.15) is 33.6 Å². The number of rotatable bonds is 2. The predicted octanol–water partition coefficient (Wildman–Crippen LogP) is 1.59. The van der Waals surface area contributed by atoms with Crippen LogP contribution in [0.25, 0.3) is 0 Å². The Kier molecular flexibility index (Phi) is 3.65. The van der Waals surface area contributed by atoms with Gasteiger partial charge in [0.05, 0.1) is 18.7 Å². The van der Waals surface area contributed by atoms with Crippen molar-refractivity contribution in [3.05, 3.63) is 0 Å². The molecule has 1 rings (SSSR count). The highest BCUT2D eigenvalue weighted by Crippen LogP contribution is 2.23. The monoisotopic (exact) mass is 194 g/mol. The van der Waals surface area contributed by atoms with Crippen LogP contribution in [0.3, 0.4) is 0 Å². The maximum absolute atomic E-state index is 11.4. The number of Topliss-reactive ketones (excluding diaryl/α,β-unsaturated/α-hetero) is 1. The molecule has 0 radical (unpaired) electrons. The number of nitrogens with zero attached hydrogens (tertiary/aromatic N) is 2. The fourth-order valence-corrected chi connectivity index (χ4v) is 2.06. The van der Waals surface area contributed by atoms with Gasteiger partial charge in [-0.25, -0.2) is 0 Å². The minimum atomic E-state index is -0.100. The lowest BCUT2D eigenvalue weighted by atomic mass is 9.90. The van der Waals surface area contributed by atoms with Crippen molar-refractivity contribution < 1.29 is 4.79 Å². The van der Waals surface area contributed by atoms with Gasteiger partial charge >= 0.3 is 0 Å². The van der Waals surface area contributed by atoms with Gasteiger partial charge in [0, 0.05) is 12.5 Å². The molecule has 0 spiro atoms. The molecular weight excluding hydrogens is 176 g/mol. The third kappa shape index (κ3) is 2.13. The topological polar surface area (TPSA) is 44.1 Å². The maximum Gasteiger partial charge on any atom is 0.147 e. The summed E-state index contributed by atoms with van der Waals surface area (Å²) in [5.74, 6) is 0.642. The summed E-state index contributed by atoms with van der Waals surface area (Å²) in [5, 5.41) is 8.97. The van der Waals surface area contributed by atoms with E-state index in [0.29, 0.717) is 24.9 Å². The molecule has 1 heterocycles. The van der Waals surface area contributed by atoms with Crippen LogP contribution in [-0.4, -0.2) is 29.3 Å². The minimum absolute atomic E-state index is 0.100. The Labute approximate surface area is 85.7 Å². The number of hydrogen-bond donors (Lipinski definition) is 0. The zero-order valence-corrected chi connectivity index (χ0v) is 9.16. The summed E-state index contributed by atoms with van der Waals surface area (Å²) in [7, 11) is 0. The Morgan fingerprint density at radius 1 is 1.64 bits per heavy atom. The second-order valence-corrected chi connectivity index (χ2v) is 4.19. The fraction of sp³-hybridized carbons (Fsp3) is 0.818. The minimum Gasteiger partial charge on any atom is -0.298 e. The van der Waals surface area contributed by atoms with Crippen molar-refractivity contribution in [2.24, 2.45) is 5.92 Å². The van der Waals surface area contributed by atoms with E-state index < -0.39 is 0 Å². The third-order valence-electron chi connectivity index (χ3n) is 3.19. The molecule has 78 valence electrons. The van der Waals surface area contributed by atoms with Crippen molar-refractivity contribution >= 4 is 5.78 Å². The maximum atomic E-state index is 11.4. The normalized spacial score (nSPS) is 31.1. The first-order valence-corrected chi connectivity index (χ1v) is 5.27. The number of nitriles is 1. The van der Waals surface area contributed by atoms with Gasteiger partial charge in [-0.2, -0.15) is 5.26 Å². The molecule has 0 aliphatic carbocycles. The van der Waals surface area contributed by atoms with Crippen molar-refractivity contribution in [3.8, 4) is 6.07 Å². The van der Waals surface area contributed by atoms with Gasteiger partial charge in [-0.1, -0.05) is 13.8 Å². The lowest BCUT2D eigenvalue weighted by Crippen LogP contribution is -2.51. The van der Waals surface area contributed by atoms with Gasteiger partial charge in [0.2, 0.25) is 0 Å². The molecule has 0 bridgehead atoms. The molecule has 0 N–H and O–H groups in total. The molecular formula is C11H18N2O. The molecule has 0 aromatic heterocycles. The zero-order chi connectivity index (χ0) is 10.7. The van der Waals surface area contributed by atoms with Crippen LogP contribution in [-0.2, 0) is 4.79 Å². The SMILES string of the molecule is CCC(C#N)N1CC(=O)CC(C)C1C. The van der Waals surface area contributed by atoms with E-state index in [1.165, 1.54) is 0 Å². The lowest BCUT2D eigenvalue weighted by Gasteiger charge is -2.39. The molecule has 0 aromatic rings. The number of likely N-dealkylation sites (tertiary alicyclic amines) is 1. The molecule has 14 heavy (non-hydrogen) atoms. The van der Waals surface area contributed by atoms with E-state index in [1.807, 2.05) is 11.8 Å². The van der Waals surface area contributed by atoms with Gasteiger partial charge in [0.1, 0.15) is 5.78 Å². The Hall–Kier alpha value is -0.880. The van der Waals surface area contributed by atoms with Crippen LogP contribution >= 0.6 is 0 Å². The van der Waals surface area contributed by atoms with Gasteiger partial charge in [-0.15, -0.1) is 0 Å². The molecule has 1 aliphatic heterocycles. The van der Waals surface area contributed by atoms with Gasteiger partial charge < -0.3 is 0 Å². The largest absolute Gasteiger partial charge is 0.298 e. The van der Waals surface area contributed by atoms with Crippen molar-refractivity contribution in [3.63, 3.8) is 0 Å². The van der Waals surface area contributed by atoms with Crippen LogP contribution in [0.5, 0.6) is 0 Å². The Bertz CT molecular complexity index is 257. The predicted molar refractivity (Wildman–Crippen MR) is 54.6 cm³/mol. The number of ketones is 1. The highest BCUT2D eigenvalue weighted by atomic mass is 16.1. The molecule has 3 atom stereocenters. The summed E-state index contributed by atoms with van der Waals surface area (Å²) < 4.78 is 0. The first-order valence-electron chi connectivity index (χ1n) is 5.27. The van der Waals surface area contributed by atoms with E-state index in [9.17, 15) is 4.79 Å². The smallest absolute Gasteiger partial charge is 0.147 e. The van der Waals surface area contributed by atoms with Crippen molar-refractivity contribution in [2.45, 2.75) is 45.7 Å². The van der Waals surface area contributed by atoms with Crippen molar-refractivity contribution in [2.75, 3.05) is 6.54 Å². The summed E-state index contributed by atoms with van der Waals surface area (Å²) in [6, 6.07) is 2.51. The number of carbonyl (C=O) groups is 1. The van der Waals surface area contributed by atoms with Gasteiger partial charge in [0.25, 0.3) is 0 Å². The molecule has 3 unspecified atom stereocenters. The van der Waals surface area contributed by atoms with Crippen molar-refractivity contribution in [1.29, 1.82) is 5.26 Å². The van der Waals surface area contributed by atoms with E-state index in [0.717, 1.165) is 6.42 Å². The molecule has 3 nitrogen and oxygen atoms in total. The zero-order valence-electron chi connectivity index (χ0n) is 9.16. The van der Waals surface area contributed by atoms with E-state index in [4.69, 9.17) is 5.26 Å². The van der Waals surface area contributed by atoms with Gasteiger partial charge in [-0.3, -0.25) is 9.69 Å². The lowest BCUT2D eigenvalue weighted by molar-refractivity contribution is -0.126. The average Bonchev–Trinajstić information content (AvgIpc) is 2.15. The van der Waals surface area contributed by atoms with Crippen molar-refractivity contribution in [1.82, 2.24) is 4.90 Å². The van der Waals surface area contributed by atoms with Crippen LogP contribution in [0.2, 0.25) is 0 Å². The van der Waals surface area contributed by atoms with E-state index >= 15 is 0 Å². The number of piperidine rings is 1. The molecule has 0 aromatic carbocycles. The van der Waals surface area contributed by atoms with E-state index in [-0.39, 0.29) is 11.8 Å². The summed E-state index contributed by atoms with van der Waals surface area (Å²) in [6.07, 6.45) is 1.46. The van der Waals surface area contributed by atoms with Crippen LogP contribution in [0, 0.1) is 17.2 Å². The van der Waals surface area contributed by atoms with E-state index in [2.05, 4.69) is 19.9 Å². The molecule has 1 saturated heterocycles. The van der Waals surface area contributed by atoms with Crippen LogP contribution < -0.4 is 0 Å². The standard InChI is InChI=1S/C11H18N2O/c1-4-10(6-12)13-7-11(14)5-8(2)9(13)3/h8-10H,4-5,7H2,1-3H3. The summed E-state index contributed by atoms with van der Waals surface area (Å²) in [5.41, 5.74) is 0. The number of hydrogen-bond acceptors (Lipinski definition) is 3. The fourth-order valence-electron chi connectivity index (χ4n) is 2.06. The molecule has 3 heteroatoms. The Morgan fingerprint density at radius 2 is 2.29 bits per heavy atom. The van der Waals surface area contributed by atoms with Gasteiger partial charge in [0.15, 0.2) is 0 Å². The highest BCUT2D eigenvalue weighted by Gasteiger charge is 2.33. The third-order valence-corrected chi connectivity index (χ3v) is 3.19. The Balaban J connectivity index is 2.75. The molecule has 0 saturated carbocycles. The second kappa shape index (κ2) is 4.56. The molecule has 1 aliphatic rings. The second-order valence-electron chi connectivity index (χ2n) is 4.19. The highest BCUT2D eigenvalue weighted by molar-refractivity contribution is 5.81. The average molecular weight is 194 g/mol. The van der Waals surface area contributed by atoms with Crippen LogP contribution in [0.4, 0.5) is 0 Å². The first-order chi connectivity index (χ1) is 6.60. The Morgan fingerprint density at radius 3 is 2.79 bits per heavy atom. The number of carbonyl (C=O) groups excluding carboxylic acids is 1. The van der Waals surface area contributed by atoms with Crippen LogP contribution in [0.15, 0.2) is 0 Å². The van der Waals surface area contributed by atoms with E-state index in [1.54, 1.807) is 0 Å². The molecule has 1 fully saturated rings.